The van der Waals surface area contributed by atoms with Crippen molar-refractivity contribution < 1.29 is 18.7 Å². The van der Waals surface area contributed by atoms with E-state index < -0.39 is 5.41 Å². The van der Waals surface area contributed by atoms with Gasteiger partial charge in [-0.2, -0.15) is 5.26 Å². The van der Waals surface area contributed by atoms with Gasteiger partial charge in [0.15, 0.2) is 5.69 Å². The van der Waals surface area contributed by atoms with Gasteiger partial charge in [-0.1, -0.05) is 30.3 Å². The Labute approximate surface area is 218 Å². The average Bonchev–Trinajstić information content (AvgIpc) is 3.37. The lowest BCUT2D eigenvalue weighted by atomic mass is 9.59. The second-order valence-corrected chi connectivity index (χ2v) is 10.1. The van der Waals surface area contributed by atoms with E-state index in [9.17, 15) is 10.1 Å². The third kappa shape index (κ3) is 5.95. The summed E-state index contributed by atoms with van der Waals surface area (Å²) in [6.45, 7) is 11.5. The summed E-state index contributed by atoms with van der Waals surface area (Å²) in [4.78, 5) is 17.6. The Bertz CT molecular complexity index is 1150. The maximum absolute atomic E-state index is 15.2. The van der Waals surface area contributed by atoms with Gasteiger partial charge >= 0.3 is 5.97 Å². The number of piperidine rings is 1. The fourth-order valence-electron chi connectivity index (χ4n) is 6.26. The van der Waals surface area contributed by atoms with E-state index in [1.165, 1.54) is 13.0 Å². The molecule has 0 spiro atoms. The molecule has 1 heterocycles. The molecule has 2 aromatic carbocycles. The van der Waals surface area contributed by atoms with Gasteiger partial charge in [-0.25, -0.2) is 9.24 Å². The Morgan fingerprint density at radius 1 is 1.16 bits per heavy atom. The maximum atomic E-state index is 15.2. The van der Waals surface area contributed by atoms with Crippen molar-refractivity contribution in [1.82, 2.24) is 4.90 Å². The van der Waals surface area contributed by atoms with Gasteiger partial charge in [0.25, 0.3) is 0 Å². The van der Waals surface area contributed by atoms with Crippen LogP contribution in [0.25, 0.3) is 4.85 Å². The first-order valence-corrected chi connectivity index (χ1v) is 13.1. The molecule has 0 aromatic heterocycles. The summed E-state index contributed by atoms with van der Waals surface area (Å²) >= 11 is 0. The van der Waals surface area contributed by atoms with Crippen LogP contribution in [0.3, 0.4) is 0 Å². The topological polar surface area (TPSA) is 66.9 Å². The van der Waals surface area contributed by atoms with Crippen molar-refractivity contribution in [2.45, 2.75) is 57.0 Å². The van der Waals surface area contributed by atoms with Crippen LogP contribution in [0, 0.1) is 35.6 Å². The number of benzene rings is 2. The van der Waals surface area contributed by atoms with Crippen LogP contribution in [0.15, 0.2) is 48.5 Å². The molecule has 1 saturated heterocycles. The van der Waals surface area contributed by atoms with Crippen LogP contribution in [0.4, 0.5) is 10.1 Å². The fourth-order valence-corrected chi connectivity index (χ4v) is 6.26. The Hall–Kier alpha value is -3.42. The van der Waals surface area contributed by atoms with Crippen molar-refractivity contribution in [1.29, 1.82) is 5.26 Å². The number of hydrogen-bond acceptors (Lipinski definition) is 5. The van der Waals surface area contributed by atoms with E-state index in [-0.39, 0.29) is 29.7 Å². The third-order valence-corrected chi connectivity index (χ3v) is 7.94. The summed E-state index contributed by atoms with van der Waals surface area (Å²) < 4.78 is 26.7. The highest BCUT2D eigenvalue weighted by molar-refractivity contribution is 5.66. The molecule has 4 rings (SSSR count). The quantitative estimate of drug-likeness (QED) is 0.237. The first-order chi connectivity index (χ1) is 18.0. The number of esters is 1. The second-order valence-electron chi connectivity index (χ2n) is 10.1. The molecule has 3 atom stereocenters. The fraction of sp³-hybridized carbons (Fsp3) is 0.500. The first-order valence-electron chi connectivity index (χ1n) is 13.1. The number of nitriles is 1. The van der Waals surface area contributed by atoms with Crippen molar-refractivity contribution in [3.8, 4) is 11.8 Å². The smallest absolute Gasteiger partial charge is 0.302 e. The number of carbonyl (C=O) groups excluding carboxylic acids is 1. The van der Waals surface area contributed by atoms with E-state index in [2.05, 4.69) is 15.8 Å². The lowest BCUT2D eigenvalue weighted by molar-refractivity contribution is -0.149. The van der Waals surface area contributed by atoms with Crippen molar-refractivity contribution >= 4 is 11.7 Å². The minimum atomic E-state index is -1.03. The molecule has 0 amide bonds. The summed E-state index contributed by atoms with van der Waals surface area (Å²) in [7, 11) is 0. The van der Waals surface area contributed by atoms with Crippen LogP contribution in [0.2, 0.25) is 0 Å². The van der Waals surface area contributed by atoms with Gasteiger partial charge in [-0.3, -0.25) is 4.79 Å². The number of likely N-dealkylation sites (tertiary alicyclic amines) is 1. The van der Waals surface area contributed by atoms with Gasteiger partial charge in [-0.05, 0) is 75.7 Å². The number of carbonyl (C=O) groups is 1. The number of hydrogen-bond donors (Lipinski definition) is 0. The molecule has 6 nitrogen and oxygen atoms in total. The lowest BCUT2D eigenvalue weighted by Gasteiger charge is -2.45. The van der Waals surface area contributed by atoms with E-state index >= 15 is 4.39 Å². The van der Waals surface area contributed by atoms with E-state index in [0.717, 1.165) is 57.5 Å². The minimum Gasteiger partial charge on any atom is -0.494 e. The molecule has 0 radical (unpaired) electrons. The van der Waals surface area contributed by atoms with Gasteiger partial charge in [0.2, 0.25) is 0 Å². The highest BCUT2D eigenvalue weighted by Crippen LogP contribution is 2.51. The third-order valence-electron chi connectivity index (χ3n) is 7.94. The summed E-state index contributed by atoms with van der Waals surface area (Å²) in [5.74, 6) is -0.201. The average molecular weight is 504 g/mol. The molecule has 1 aliphatic heterocycles. The summed E-state index contributed by atoms with van der Waals surface area (Å²) in [5.41, 5.74) is 0.00254. The number of ether oxygens (including phenoxy) is 2. The van der Waals surface area contributed by atoms with Crippen LogP contribution < -0.4 is 4.74 Å². The molecule has 1 aliphatic carbocycles. The van der Waals surface area contributed by atoms with Crippen molar-refractivity contribution in [2.24, 2.45) is 11.8 Å². The Morgan fingerprint density at radius 3 is 2.54 bits per heavy atom. The van der Waals surface area contributed by atoms with E-state index in [0.29, 0.717) is 24.3 Å². The standard InChI is InChI=1S/C30H34FN3O3/c1-22(35)37-29-10-5-8-27(29)30(21-32,26-7-3-4-9-28(26)31)23-15-18-34(19-16-23)17-6-20-36-25-13-11-24(33-2)12-14-25/h3-4,7,9,11-14,23,27,29H,5-6,8,10,15-20H2,1H3/t27-,29-,30?/m1/s1. The summed E-state index contributed by atoms with van der Waals surface area (Å²) in [6, 6.07) is 16.4. The van der Waals surface area contributed by atoms with Crippen molar-refractivity contribution in [2.75, 3.05) is 26.2 Å². The Balaban J connectivity index is 1.42. The van der Waals surface area contributed by atoms with Crippen LogP contribution in [-0.4, -0.2) is 43.2 Å². The zero-order chi connectivity index (χ0) is 26.3. The zero-order valence-corrected chi connectivity index (χ0v) is 21.4. The van der Waals surface area contributed by atoms with Crippen LogP contribution >= 0.6 is 0 Å². The molecule has 2 aromatic rings. The minimum absolute atomic E-state index is 0.0241. The molecule has 37 heavy (non-hydrogen) atoms. The molecule has 1 saturated carbocycles. The SMILES string of the molecule is [C-]#[N+]c1ccc(OCCCN2CCC(C(C#N)(c3ccccc3F)[C@@H]3CCC[C@H]3OC(C)=O)CC2)cc1. The molecular weight excluding hydrogens is 469 g/mol. The normalized spacial score (nSPS) is 21.9. The van der Waals surface area contributed by atoms with Gasteiger partial charge < -0.3 is 14.4 Å². The molecule has 194 valence electrons. The molecular formula is C30H34FN3O3. The largest absolute Gasteiger partial charge is 0.494 e. The summed E-state index contributed by atoms with van der Waals surface area (Å²) in [6.07, 6.45) is 4.38. The molecule has 0 bridgehead atoms. The highest BCUT2D eigenvalue weighted by Gasteiger charge is 2.54. The zero-order valence-electron chi connectivity index (χ0n) is 21.4. The van der Waals surface area contributed by atoms with E-state index in [1.807, 2.05) is 12.1 Å². The van der Waals surface area contributed by atoms with Crippen LogP contribution in [0.5, 0.6) is 5.75 Å². The van der Waals surface area contributed by atoms with Crippen molar-refractivity contribution in [3.63, 3.8) is 0 Å². The predicted molar refractivity (Wildman–Crippen MR) is 139 cm³/mol. The van der Waals surface area contributed by atoms with E-state index in [4.69, 9.17) is 16.0 Å². The molecule has 2 aliphatic rings. The molecule has 0 N–H and O–H groups in total. The Morgan fingerprint density at radius 2 is 1.89 bits per heavy atom. The predicted octanol–water partition coefficient (Wildman–Crippen LogP) is 6.05. The second kappa shape index (κ2) is 12.2. The summed E-state index contributed by atoms with van der Waals surface area (Å²) in [5, 5.41) is 10.7. The van der Waals surface area contributed by atoms with Gasteiger partial charge in [-0.15, -0.1) is 0 Å². The van der Waals surface area contributed by atoms with Crippen LogP contribution in [0.1, 0.15) is 51.0 Å². The molecule has 7 heteroatoms. The lowest BCUT2D eigenvalue weighted by Crippen LogP contribution is -2.50. The molecule has 1 unspecified atom stereocenters. The van der Waals surface area contributed by atoms with Crippen LogP contribution in [-0.2, 0) is 14.9 Å². The van der Waals surface area contributed by atoms with Crippen molar-refractivity contribution in [3.05, 3.63) is 71.3 Å². The van der Waals surface area contributed by atoms with Gasteiger partial charge in [0.1, 0.15) is 17.7 Å². The Kier molecular flexibility index (Phi) is 8.79. The first kappa shape index (κ1) is 26.6. The van der Waals surface area contributed by atoms with Gasteiger partial charge in [0.05, 0.1) is 24.7 Å². The number of nitrogens with zero attached hydrogens (tertiary/aromatic N) is 3. The maximum Gasteiger partial charge on any atom is 0.302 e. The molecule has 2 fully saturated rings. The van der Waals surface area contributed by atoms with Gasteiger partial charge in [0, 0.05) is 24.9 Å². The van der Waals surface area contributed by atoms with E-state index in [1.54, 1.807) is 30.3 Å². The number of rotatable bonds is 9. The monoisotopic (exact) mass is 503 g/mol. The number of halogens is 1. The highest BCUT2D eigenvalue weighted by atomic mass is 19.1.